The second-order valence-electron chi connectivity index (χ2n) is 3.90. The zero-order valence-electron chi connectivity index (χ0n) is 10.2. The van der Waals surface area contributed by atoms with Crippen LogP contribution in [0.1, 0.15) is 17.4 Å². The first-order chi connectivity index (χ1) is 9.08. The standard InChI is InChI=1S/C13H11FN2O3/c1-9(17)7-19-13(18)12-6-15-8-16(12)11-4-2-10(14)3-5-11/h2-6,8H,7H2,1H3. The third-order valence-electron chi connectivity index (χ3n) is 2.36. The predicted octanol–water partition coefficient (Wildman–Crippen LogP) is 1.76. The molecule has 0 aliphatic heterocycles. The topological polar surface area (TPSA) is 61.2 Å². The number of halogens is 1. The number of aromatic nitrogens is 2. The number of esters is 1. The number of imidazole rings is 1. The van der Waals surface area contributed by atoms with Gasteiger partial charge in [0.25, 0.3) is 0 Å². The van der Waals surface area contributed by atoms with Gasteiger partial charge >= 0.3 is 5.97 Å². The first-order valence-corrected chi connectivity index (χ1v) is 5.53. The summed E-state index contributed by atoms with van der Waals surface area (Å²) in [5, 5.41) is 0. The Morgan fingerprint density at radius 2 is 2.00 bits per heavy atom. The fourth-order valence-electron chi connectivity index (χ4n) is 1.49. The molecule has 0 fully saturated rings. The molecule has 0 unspecified atom stereocenters. The van der Waals surface area contributed by atoms with Crippen molar-refractivity contribution >= 4 is 11.8 Å². The lowest BCUT2D eigenvalue weighted by Crippen LogP contribution is -2.14. The number of carbonyl (C=O) groups is 2. The second-order valence-corrected chi connectivity index (χ2v) is 3.90. The van der Waals surface area contributed by atoms with Crippen LogP contribution in [-0.4, -0.2) is 27.9 Å². The number of ketones is 1. The molecule has 6 heteroatoms. The average Bonchev–Trinajstić information content (AvgIpc) is 2.86. The third kappa shape index (κ3) is 3.04. The Bertz CT molecular complexity index is 605. The molecular weight excluding hydrogens is 251 g/mol. The molecule has 0 radical (unpaired) electrons. The lowest BCUT2D eigenvalue weighted by molar-refractivity contribution is -0.120. The summed E-state index contributed by atoms with van der Waals surface area (Å²) in [5.74, 6) is -1.28. The zero-order chi connectivity index (χ0) is 13.8. The molecule has 0 spiro atoms. The molecule has 0 aliphatic carbocycles. The van der Waals surface area contributed by atoms with E-state index in [9.17, 15) is 14.0 Å². The van der Waals surface area contributed by atoms with Crippen molar-refractivity contribution in [1.82, 2.24) is 9.55 Å². The van der Waals surface area contributed by atoms with E-state index in [-0.39, 0.29) is 23.9 Å². The van der Waals surface area contributed by atoms with E-state index in [0.29, 0.717) is 5.69 Å². The van der Waals surface area contributed by atoms with Crippen LogP contribution < -0.4 is 0 Å². The molecule has 19 heavy (non-hydrogen) atoms. The number of benzene rings is 1. The van der Waals surface area contributed by atoms with Crippen molar-refractivity contribution in [3.05, 3.63) is 48.3 Å². The van der Waals surface area contributed by atoms with Crippen LogP contribution in [0, 0.1) is 5.82 Å². The second kappa shape index (κ2) is 5.43. The lowest BCUT2D eigenvalue weighted by Gasteiger charge is -2.07. The summed E-state index contributed by atoms with van der Waals surface area (Å²) in [5.41, 5.74) is 0.751. The molecule has 98 valence electrons. The van der Waals surface area contributed by atoms with Gasteiger partial charge in [-0.1, -0.05) is 0 Å². The monoisotopic (exact) mass is 262 g/mol. The summed E-state index contributed by atoms with van der Waals surface area (Å²) in [6.45, 7) is 1.04. The van der Waals surface area contributed by atoms with Crippen LogP contribution in [0.15, 0.2) is 36.8 Å². The predicted molar refractivity (Wildman–Crippen MR) is 64.5 cm³/mol. The highest BCUT2D eigenvalue weighted by Gasteiger charge is 2.15. The van der Waals surface area contributed by atoms with Crippen LogP contribution in [-0.2, 0) is 9.53 Å². The van der Waals surface area contributed by atoms with E-state index in [1.54, 1.807) is 0 Å². The maximum absolute atomic E-state index is 12.8. The summed E-state index contributed by atoms with van der Waals surface area (Å²) < 4.78 is 19.1. The Kier molecular flexibility index (Phi) is 3.70. The molecule has 0 N–H and O–H groups in total. The highest BCUT2D eigenvalue weighted by Crippen LogP contribution is 2.13. The number of rotatable bonds is 4. The highest BCUT2D eigenvalue weighted by atomic mass is 19.1. The van der Waals surface area contributed by atoms with Gasteiger partial charge in [0.15, 0.2) is 11.5 Å². The fraction of sp³-hybridized carbons (Fsp3) is 0.154. The number of nitrogens with zero attached hydrogens (tertiary/aromatic N) is 2. The van der Waals surface area contributed by atoms with Crippen LogP contribution in [0.4, 0.5) is 4.39 Å². The molecule has 1 aromatic heterocycles. The molecule has 5 nitrogen and oxygen atoms in total. The highest BCUT2D eigenvalue weighted by molar-refractivity contribution is 5.90. The minimum atomic E-state index is -0.656. The molecule has 0 atom stereocenters. The van der Waals surface area contributed by atoms with Crippen molar-refractivity contribution < 1.29 is 18.7 Å². The molecule has 0 saturated heterocycles. The van der Waals surface area contributed by atoms with Crippen LogP contribution in [0.25, 0.3) is 5.69 Å². The molecule has 1 aromatic carbocycles. The van der Waals surface area contributed by atoms with Gasteiger partial charge in [-0.3, -0.25) is 9.36 Å². The van der Waals surface area contributed by atoms with Crippen molar-refractivity contribution in [2.75, 3.05) is 6.61 Å². The summed E-state index contributed by atoms with van der Waals surface area (Å²) in [6, 6.07) is 5.58. The number of carbonyl (C=O) groups excluding carboxylic acids is 2. The normalized spacial score (nSPS) is 10.2. The van der Waals surface area contributed by atoms with Crippen LogP contribution in [0.3, 0.4) is 0 Å². The van der Waals surface area contributed by atoms with Gasteiger partial charge in [-0.05, 0) is 31.2 Å². The van der Waals surface area contributed by atoms with Crippen LogP contribution in [0.5, 0.6) is 0 Å². The Morgan fingerprint density at radius 3 is 2.63 bits per heavy atom. The third-order valence-corrected chi connectivity index (χ3v) is 2.36. The van der Waals surface area contributed by atoms with E-state index in [0.717, 1.165) is 0 Å². The lowest BCUT2D eigenvalue weighted by atomic mass is 10.3. The average molecular weight is 262 g/mol. The van der Waals surface area contributed by atoms with Gasteiger partial charge in [0.1, 0.15) is 12.4 Å². The van der Waals surface area contributed by atoms with Gasteiger partial charge in [-0.15, -0.1) is 0 Å². The van der Waals surface area contributed by atoms with Crippen LogP contribution in [0.2, 0.25) is 0 Å². The van der Waals surface area contributed by atoms with E-state index >= 15 is 0 Å². The Hall–Kier alpha value is -2.50. The largest absolute Gasteiger partial charge is 0.453 e. The SMILES string of the molecule is CC(=O)COC(=O)c1cncn1-c1ccc(F)cc1. The van der Waals surface area contributed by atoms with Gasteiger partial charge in [-0.2, -0.15) is 0 Å². The molecular formula is C13H11FN2O3. The molecule has 2 aromatic rings. The number of hydrogen-bond acceptors (Lipinski definition) is 4. The number of hydrogen-bond donors (Lipinski definition) is 0. The van der Waals surface area contributed by atoms with Gasteiger partial charge in [0.2, 0.25) is 0 Å². The molecule has 0 saturated carbocycles. The van der Waals surface area contributed by atoms with E-state index in [2.05, 4.69) is 4.98 Å². The Labute approximate surface area is 108 Å². The summed E-state index contributed by atoms with van der Waals surface area (Å²) >= 11 is 0. The summed E-state index contributed by atoms with van der Waals surface area (Å²) in [4.78, 5) is 26.4. The van der Waals surface area contributed by atoms with Crippen molar-refractivity contribution in [2.24, 2.45) is 0 Å². The minimum Gasteiger partial charge on any atom is -0.453 e. The van der Waals surface area contributed by atoms with Crippen molar-refractivity contribution in [2.45, 2.75) is 6.92 Å². The van der Waals surface area contributed by atoms with Crippen molar-refractivity contribution in [3.8, 4) is 5.69 Å². The van der Waals surface area contributed by atoms with E-state index < -0.39 is 5.97 Å². The smallest absolute Gasteiger partial charge is 0.357 e. The molecule has 0 amide bonds. The molecule has 2 rings (SSSR count). The van der Waals surface area contributed by atoms with Crippen molar-refractivity contribution in [1.29, 1.82) is 0 Å². The van der Waals surface area contributed by atoms with E-state index in [1.807, 2.05) is 0 Å². The maximum atomic E-state index is 12.8. The Morgan fingerprint density at radius 1 is 1.32 bits per heavy atom. The van der Waals surface area contributed by atoms with Crippen molar-refractivity contribution in [3.63, 3.8) is 0 Å². The fourth-order valence-corrected chi connectivity index (χ4v) is 1.49. The van der Waals surface area contributed by atoms with Gasteiger partial charge in [-0.25, -0.2) is 14.2 Å². The number of Topliss-reactive ketones (excluding diaryl/α,β-unsaturated/α-hetero) is 1. The van der Waals surface area contributed by atoms with Gasteiger partial charge in [0.05, 0.1) is 12.5 Å². The van der Waals surface area contributed by atoms with Gasteiger partial charge in [0, 0.05) is 5.69 Å². The minimum absolute atomic E-state index is 0.174. The molecule has 1 heterocycles. The first kappa shape index (κ1) is 12.9. The zero-order valence-corrected chi connectivity index (χ0v) is 10.2. The first-order valence-electron chi connectivity index (χ1n) is 5.53. The summed E-state index contributed by atoms with van der Waals surface area (Å²) in [6.07, 6.45) is 2.74. The quantitative estimate of drug-likeness (QED) is 0.788. The van der Waals surface area contributed by atoms with Gasteiger partial charge < -0.3 is 4.74 Å². The van der Waals surface area contributed by atoms with E-state index in [1.165, 1.54) is 48.3 Å². The molecule has 0 aliphatic rings. The Balaban J connectivity index is 2.24. The maximum Gasteiger partial charge on any atom is 0.357 e. The van der Waals surface area contributed by atoms with Crippen LogP contribution >= 0.6 is 0 Å². The molecule has 0 bridgehead atoms. The van der Waals surface area contributed by atoms with E-state index in [4.69, 9.17) is 4.74 Å². The number of ether oxygens (including phenoxy) is 1. The summed E-state index contributed by atoms with van der Waals surface area (Å²) in [7, 11) is 0.